The minimum absolute atomic E-state index is 0.0884. The highest BCUT2D eigenvalue weighted by Crippen LogP contribution is 1.93. The Balaban J connectivity index is 2.48. The third kappa shape index (κ3) is 1.81. The van der Waals surface area contributed by atoms with Crippen LogP contribution in [0.15, 0.2) is 10.9 Å². The molecule has 0 aliphatic carbocycles. The summed E-state index contributed by atoms with van der Waals surface area (Å²) in [6, 6.07) is 0.0884. The molecule has 1 atom stereocenters. The van der Waals surface area contributed by atoms with Gasteiger partial charge in [0.25, 0.3) is 0 Å². The van der Waals surface area contributed by atoms with Crippen molar-refractivity contribution in [2.45, 2.75) is 19.4 Å². The lowest BCUT2D eigenvalue weighted by molar-refractivity contribution is 0.370. The van der Waals surface area contributed by atoms with Crippen LogP contribution in [0.2, 0.25) is 0 Å². The van der Waals surface area contributed by atoms with Crippen molar-refractivity contribution >= 4 is 0 Å². The fourth-order valence-electron chi connectivity index (χ4n) is 0.561. The Hall–Kier alpha value is -0.900. The van der Waals surface area contributed by atoms with Gasteiger partial charge in [-0.05, 0) is 6.92 Å². The van der Waals surface area contributed by atoms with E-state index in [-0.39, 0.29) is 6.04 Å². The maximum Gasteiger partial charge on any atom is 0.227 e. The Kier molecular flexibility index (Phi) is 1.79. The summed E-state index contributed by atoms with van der Waals surface area (Å²) in [4.78, 5) is 3.80. The number of nitrogens with zero attached hydrogens (tertiary/aromatic N) is 2. The van der Waals surface area contributed by atoms with Gasteiger partial charge in [0, 0.05) is 12.5 Å². The van der Waals surface area contributed by atoms with Crippen LogP contribution in [0, 0.1) is 0 Å². The minimum Gasteiger partial charge on any atom is -0.340 e. The molecule has 4 heteroatoms. The lowest BCUT2D eigenvalue weighted by Crippen LogP contribution is -2.17. The summed E-state index contributed by atoms with van der Waals surface area (Å²) >= 11 is 0. The molecule has 0 spiro atoms. The van der Waals surface area contributed by atoms with Crippen molar-refractivity contribution in [3.8, 4) is 0 Å². The average molecular weight is 127 g/mol. The van der Waals surface area contributed by atoms with E-state index in [1.807, 2.05) is 6.92 Å². The Labute approximate surface area is 53.1 Å². The Morgan fingerprint density at radius 1 is 1.89 bits per heavy atom. The molecule has 0 bridgehead atoms. The monoisotopic (exact) mass is 127 g/mol. The zero-order valence-electron chi connectivity index (χ0n) is 5.24. The van der Waals surface area contributed by atoms with Gasteiger partial charge >= 0.3 is 0 Å². The van der Waals surface area contributed by atoms with Gasteiger partial charge < -0.3 is 10.3 Å². The predicted octanol–water partition coefficient (Wildman–Crippen LogP) is -0.0407. The fourth-order valence-corrected chi connectivity index (χ4v) is 0.561. The Bertz CT molecular complexity index is 159. The van der Waals surface area contributed by atoms with Crippen LogP contribution in [0.1, 0.15) is 12.8 Å². The third-order valence-corrected chi connectivity index (χ3v) is 0.904. The van der Waals surface area contributed by atoms with Crippen molar-refractivity contribution in [3.05, 3.63) is 12.2 Å². The van der Waals surface area contributed by atoms with Gasteiger partial charge in [-0.15, -0.1) is 0 Å². The second kappa shape index (κ2) is 2.59. The van der Waals surface area contributed by atoms with E-state index in [4.69, 9.17) is 10.3 Å². The lowest BCUT2D eigenvalue weighted by Gasteiger charge is -1.96. The second-order valence-corrected chi connectivity index (χ2v) is 2.02. The van der Waals surface area contributed by atoms with Crippen molar-refractivity contribution in [1.82, 2.24) is 10.1 Å². The number of hydrogen-bond donors (Lipinski definition) is 1. The van der Waals surface area contributed by atoms with Gasteiger partial charge in [0.05, 0.1) is 0 Å². The van der Waals surface area contributed by atoms with E-state index in [0.29, 0.717) is 12.3 Å². The van der Waals surface area contributed by atoms with Gasteiger partial charge in [-0.25, -0.2) is 0 Å². The first-order valence-electron chi connectivity index (χ1n) is 2.80. The molecule has 0 aliphatic heterocycles. The molecule has 4 nitrogen and oxygen atoms in total. The van der Waals surface area contributed by atoms with E-state index in [1.165, 1.54) is 6.33 Å². The summed E-state index contributed by atoms with van der Waals surface area (Å²) < 4.78 is 4.70. The summed E-state index contributed by atoms with van der Waals surface area (Å²) in [5.41, 5.74) is 5.46. The molecular weight excluding hydrogens is 118 g/mol. The highest BCUT2D eigenvalue weighted by Gasteiger charge is 2.00. The summed E-state index contributed by atoms with van der Waals surface area (Å²) in [5, 5.41) is 3.43. The number of nitrogens with two attached hydrogens (primary N) is 1. The van der Waals surface area contributed by atoms with Gasteiger partial charge in [-0.3, -0.25) is 0 Å². The molecule has 9 heavy (non-hydrogen) atoms. The predicted molar refractivity (Wildman–Crippen MR) is 31.7 cm³/mol. The Morgan fingerprint density at radius 2 is 2.67 bits per heavy atom. The summed E-state index contributed by atoms with van der Waals surface area (Å²) in [6.07, 6.45) is 2.03. The van der Waals surface area contributed by atoms with E-state index in [2.05, 4.69) is 10.1 Å². The zero-order chi connectivity index (χ0) is 6.69. The normalized spacial score (nSPS) is 13.6. The first kappa shape index (κ1) is 6.22. The van der Waals surface area contributed by atoms with Crippen molar-refractivity contribution < 1.29 is 4.52 Å². The highest BCUT2D eigenvalue weighted by atomic mass is 16.5. The molecule has 1 aromatic heterocycles. The van der Waals surface area contributed by atoms with E-state index in [1.54, 1.807) is 0 Å². The number of hydrogen-bond acceptors (Lipinski definition) is 4. The first-order valence-corrected chi connectivity index (χ1v) is 2.80. The number of rotatable bonds is 2. The third-order valence-electron chi connectivity index (χ3n) is 0.904. The van der Waals surface area contributed by atoms with Crippen LogP contribution in [-0.2, 0) is 6.42 Å². The molecule has 2 N–H and O–H groups in total. The molecule has 0 amide bonds. The molecule has 0 saturated heterocycles. The maximum atomic E-state index is 5.46. The SMILES string of the molecule is CC(N)Cc1ncno1. The first-order chi connectivity index (χ1) is 4.29. The topological polar surface area (TPSA) is 64.9 Å². The molecule has 0 saturated carbocycles. The summed E-state index contributed by atoms with van der Waals surface area (Å²) in [5.74, 6) is 0.602. The molecule has 1 heterocycles. The summed E-state index contributed by atoms with van der Waals surface area (Å²) in [7, 11) is 0. The quantitative estimate of drug-likeness (QED) is 0.605. The van der Waals surface area contributed by atoms with Crippen LogP contribution < -0.4 is 5.73 Å². The van der Waals surface area contributed by atoms with Crippen LogP contribution in [0.5, 0.6) is 0 Å². The van der Waals surface area contributed by atoms with Crippen molar-refractivity contribution in [2.24, 2.45) is 5.73 Å². The zero-order valence-corrected chi connectivity index (χ0v) is 5.24. The molecule has 0 fully saturated rings. The van der Waals surface area contributed by atoms with E-state index < -0.39 is 0 Å². The van der Waals surface area contributed by atoms with Gasteiger partial charge in [0.1, 0.15) is 0 Å². The van der Waals surface area contributed by atoms with E-state index >= 15 is 0 Å². The largest absolute Gasteiger partial charge is 0.340 e. The van der Waals surface area contributed by atoms with Crippen LogP contribution in [-0.4, -0.2) is 16.2 Å². The van der Waals surface area contributed by atoms with Gasteiger partial charge in [-0.2, -0.15) is 4.98 Å². The molecule has 1 aromatic rings. The smallest absolute Gasteiger partial charge is 0.227 e. The summed E-state index contributed by atoms with van der Waals surface area (Å²) in [6.45, 7) is 1.89. The lowest BCUT2D eigenvalue weighted by atomic mass is 10.2. The molecule has 0 aliphatic rings. The van der Waals surface area contributed by atoms with Gasteiger partial charge in [0.2, 0.25) is 5.89 Å². The van der Waals surface area contributed by atoms with E-state index in [0.717, 1.165) is 0 Å². The van der Waals surface area contributed by atoms with Gasteiger partial charge in [0.15, 0.2) is 6.33 Å². The highest BCUT2D eigenvalue weighted by molar-refractivity contribution is 4.77. The van der Waals surface area contributed by atoms with Gasteiger partial charge in [-0.1, -0.05) is 5.16 Å². The minimum atomic E-state index is 0.0884. The molecule has 50 valence electrons. The fraction of sp³-hybridized carbons (Fsp3) is 0.600. The standard InChI is InChI=1S/C5H9N3O/c1-4(6)2-5-7-3-8-9-5/h3-4H,2,6H2,1H3. The second-order valence-electron chi connectivity index (χ2n) is 2.02. The van der Waals surface area contributed by atoms with Crippen molar-refractivity contribution in [2.75, 3.05) is 0 Å². The molecule has 1 unspecified atom stereocenters. The van der Waals surface area contributed by atoms with Crippen molar-refractivity contribution in [3.63, 3.8) is 0 Å². The molecule has 0 aromatic carbocycles. The average Bonchev–Trinajstić information content (AvgIpc) is 2.15. The molecule has 1 rings (SSSR count). The van der Waals surface area contributed by atoms with Crippen LogP contribution >= 0.6 is 0 Å². The van der Waals surface area contributed by atoms with Crippen LogP contribution in [0.4, 0.5) is 0 Å². The van der Waals surface area contributed by atoms with E-state index in [9.17, 15) is 0 Å². The van der Waals surface area contributed by atoms with Crippen LogP contribution in [0.25, 0.3) is 0 Å². The van der Waals surface area contributed by atoms with Crippen molar-refractivity contribution in [1.29, 1.82) is 0 Å². The molecular formula is C5H9N3O. The maximum absolute atomic E-state index is 5.46. The Morgan fingerprint density at radius 3 is 3.11 bits per heavy atom. The number of aromatic nitrogens is 2. The van der Waals surface area contributed by atoms with Crippen LogP contribution in [0.3, 0.4) is 0 Å². The molecule has 0 radical (unpaired) electrons.